The maximum Gasteiger partial charge on any atom is 0.291 e. The van der Waals surface area contributed by atoms with Crippen molar-refractivity contribution >= 4 is 44.2 Å². The van der Waals surface area contributed by atoms with Gasteiger partial charge in [0, 0.05) is 34.7 Å². The highest BCUT2D eigenvalue weighted by Gasteiger charge is 2.28. The predicted octanol–water partition coefficient (Wildman–Crippen LogP) is 4.74. The third-order valence-corrected chi connectivity index (χ3v) is 7.39. The van der Waals surface area contributed by atoms with Crippen LogP contribution in [0.4, 0.5) is 5.69 Å². The van der Waals surface area contributed by atoms with Crippen LogP contribution in [0.1, 0.15) is 34.5 Å². The number of hydrogen-bond acceptors (Lipinski definition) is 4. The molecular formula is C21H21ClN2O4S. The number of anilines is 1. The first-order valence-electron chi connectivity index (χ1n) is 9.38. The summed E-state index contributed by atoms with van der Waals surface area (Å²) in [4.78, 5) is 13.0. The van der Waals surface area contributed by atoms with E-state index in [1.54, 1.807) is 31.2 Å². The lowest BCUT2D eigenvalue weighted by molar-refractivity contribution is 0.0998. The molecule has 0 aliphatic carbocycles. The number of fused-ring (bicyclic) bond motifs is 1. The fourth-order valence-corrected chi connectivity index (χ4v) is 5.28. The first kappa shape index (κ1) is 19.9. The Morgan fingerprint density at radius 1 is 1.10 bits per heavy atom. The van der Waals surface area contributed by atoms with Crippen LogP contribution in [0, 0.1) is 13.8 Å². The summed E-state index contributed by atoms with van der Waals surface area (Å²) in [5.74, 6) is -0.261. The third-order valence-electron chi connectivity index (χ3n) is 5.26. The molecule has 8 heteroatoms. The fourth-order valence-electron chi connectivity index (χ4n) is 3.56. The first-order valence-corrected chi connectivity index (χ1v) is 11.2. The van der Waals surface area contributed by atoms with Crippen molar-refractivity contribution < 1.29 is 17.6 Å². The van der Waals surface area contributed by atoms with Gasteiger partial charge in [0.05, 0.1) is 4.90 Å². The van der Waals surface area contributed by atoms with E-state index in [0.29, 0.717) is 40.3 Å². The Morgan fingerprint density at radius 3 is 2.55 bits per heavy atom. The van der Waals surface area contributed by atoms with Gasteiger partial charge in [0.15, 0.2) is 5.76 Å². The van der Waals surface area contributed by atoms with Crippen molar-refractivity contribution in [2.24, 2.45) is 0 Å². The van der Waals surface area contributed by atoms with Crippen LogP contribution in [0.15, 0.2) is 45.7 Å². The number of nitrogens with zero attached hydrogens (tertiary/aromatic N) is 1. The van der Waals surface area contributed by atoms with Crippen molar-refractivity contribution in [2.45, 2.75) is 31.6 Å². The van der Waals surface area contributed by atoms with Crippen LogP contribution in [0.3, 0.4) is 0 Å². The van der Waals surface area contributed by atoms with E-state index in [2.05, 4.69) is 5.32 Å². The molecule has 4 rings (SSSR count). The summed E-state index contributed by atoms with van der Waals surface area (Å²) in [7, 11) is -3.54. The van der Waals surface area contributed by atoms with Crippen molar-refractivity contribution in [1.29, 1.82) is 0 Å². The Morgan fingerprint density at radius 2 is 1.83 bits per heavy atom. The zero-order chi connectivity index (χ0) is 20.8. The number of hydrogen-bond donors (Lipinski definition) is 1. The van der Waals surface area contributed by atoms with Gasteiger partial charge in [-0.1, -0.05) is 17.7 Å². The lowest BCUT2D eigenvalue weighted by Crippen LogP contribution is -2.27. The summed E-state index contributed by atoms with van der Waals surface area (Å²) in [6.45, 7) is 4.69. The molecule has 0 atom stereocenters. The molecule has 29 heavy (non-hydrogen) atoms. The van der Waals surface area contributed by atoms with Gasteiger partial charge in [0.1, 0.15) is 5.58 Å². The molecule has 0 unspecified atom stereocenters. The van der Waals surface area contributed by atoms with E-state index in [0.717, 1.165) is 18.4 Å². The van der Waals surface area contributed by atoms with Crippen molar-refractivity contribution in [3.8, 4) is 0 Å². The van der Waals surface area contributed by atoms with E-state index >= 15 is 0 Å². The molecule has 1 aromatic heterocycles. The lowest BCUT2D eigenvalue weighted by atomic mass is 10.1. The maximum absolute atomic E-state index is 12.8. The van der Waals surface area contributed by atoms with Crippen molar-refractivity contribution in [1.82, 2.24) is 4.31 Å². The summed E-state index contributed by atoms with van der Waals surface area (Å²) < 4.78 is 32.9. The summed E-state index contributed by atoms with van der Waals surface area (Å²) in [5, 5.41) is 3.94. The van der Waals surface area contributed by atoms with Crippen molar-refractivity contribution in [3.63, 3.8) is 0 Å². The summed E-state index contributed by atoms with van der Waals surface area (Å²) in [6.07, 6.45) is 1.75. The molecule has 2 heterocycles. The smallest absolute Gasteiger partial charge is 0.291 e. The molecule has 1 amide bonds. The number of nitrogens with one attached hydrogen (secondary N) is 1. The van der Waals surface area contributed by atoms with Gasteiger partial charge in [-0.3, -0.25) is 4.79 Å². The molecule has 6 nitrogen and oxygen atoms in total. The van der Waals surface area contributed by atoms with Crippen LogP contribution in [-0.2, 0) is 10.0 Å². The predicted molar refractivity (Wildman–Crippen MR) is 113 cm³/mol. The quantitative estimate of drug-likeness (QED) is 0.645. The van der Waals surface area contributed by atoms with Crippen LogP contribution in [0.25, 0.3) is 11.0 Å². The number of furan rings is 1. The summed E-state index contributed by atoms with van der Waals surface area (Å²) in [5.41, 5.74) is 2.53. The van der Waals surface area contributed by atoms with Crippen LogP contribution in [-0.4, -0.2) is 31.7 Å². The molecule has 0 radical (unpaired) electrons. The molecule has 0 spiro atoms. The average Bonchev–Trinajstić information content (AvgIpc) is 3.33. The van der Waals surface area contributed by atoms with Crippen LogP contribution in [0.5, 0.6) is 0 Å². The number of carbonyl (C=O) groups excluding carboxylic acids is 1. The molecule has 0 saturated carbocycles. The molecule has 1 N–H and O–H groups in total. The highest BCUT2D eigenvalue weighted by Crippen LogP contribution is 2.30. The Hall–Kier alpha value is -2.35. The monoisotopic (exact) mass is 432 g/mol. The summed E-state index contributed by atoms with van der Waals surface area (Å²) >= 11 is 6.02. The second-order valence-corrected chi connectivity index (χ2v) is 9.61. The SMILES string of the molecule is Cc1ccc(Cl)cc1NC(=O)c1oc2ccc(S(=O)(=O)N3CCCC3)cc2c1C. The number of aryl methyl sites for hydroxylation is 2. The number of benzene rings is 2. The highest BCUT2D eigenvalue weighted by atomic mass is 35.5. The normalized spacial score (nSPS) is 15.1. The minimum Gasteiger partial charge on any atom is -0.451 e. The van der Waals surface area contributed by atoms with Gasteiger partial charge in [-0.05, 0) is 62.6 Å². The van der Waals surface area contributed by atoms with E-state index in [1.165, 1.54) is 10.4 Å². The van der Waals surface area contributed by atoms with E-state index in [1.807, 2.05) is 13.0 Å². The lowest BCUT2D eigenvalue weighted by Gasteiger charge is -2.15. The second kappa shape index (κ2) is 7.48. The van der Waals surface area contributed by atoms with Crippen LogP contribution < -0.4 is 5.32 Å². The number of carbonyl (C=O) groups is 1. The average molecular weight is 433 g/mol. The Bertz CT molecular complexity index is 1210. The molecule has 0 bridgehead atoms. The first-order chi connectivity index (χ1) is 13.8. The van der Waals surface area contributed by atoms with Crippen molar-refractivity contribution in [2.75, 3.05) is 18.4 Å². The second-order valence-electron chi connectivity index (χ2n) is 7.24. The molecule has 2 aromatic carbocycles. The van der Waals surface area contributed by atoms with Gasteiger partial charge in [-0.2, -0.15) is 4.31 Å². The number of halogens is 1. The largest absolute Gasteiger partial charge is 0.451 e. The highest BCUT2D eigenvalue weighted by molar-refractivity contribution is 7.89. The molecule has 1 fully saturated rings. The standard InChI is InChI=1S/C21H21ClN2O4S/c1-13-5-6-15(22)11-18(13)23-21(25)20-14(2)17-12-16(7-8-19(17)28-20)29(26,27)24-9-3-4-10-24/h5-8,11-12H,3-4,9-10H2,1-2H3,(H,23,25). The van der Waals surface area contributed by atoms with E-state index in [-0.39, 0.29) is 10.7 Å². The number of rotatable bonds is 4. The van der Waals surface area contributed by atoms with Gasteiger partial charge < -0.3 is 9.73 Å². The van der Waals surface area contributed by atoms with Gasteiger partial charge >= 0.3 is 0 Å². The topological polar surface area (TPSA) is 79.6 Å². The number of amides is 1. The van der Waals surface area contributed by atoms with Gasteiger partial charge in [0.25, 0.3) is 5.91 Å². The van der Waals surface area contributed by atoms with Crippen molar-refractivity contribution in [3.05, 3.63) is 58.3 Å². The molecule has 3 aromatic rings. The Kier molecular flexibility index (Phi) is 5.14. The van der Waals surface area contributed by atoms with E-state index < -0.39 is 15.9 Å². The molecule has 1 aliphatic heterocycles. The zero-order valence-electron chi connectivity index (χ0n) is 16.2. The van der Waals surface area contributed by atoms with Gasteiger partial charge in [-0.25, -0.2) is 8.42 Å². The van der Waals surface area contributed by atoms with Crippen LogP contribution in [0.2, 0.25) is 5.02 Å². The minimum atomic E-state index is -3.54. The minimum absolute atomic E-state index is 0.148. The zero-order valence-corrected chi connectivity index (χ0v) is 17.7. The number of sulfonamides is 1. The molecule has 152 valence electrons. The summed E-state index contributed by atoms with van der Waals surface area (Å²) in [6, 6.07) is 9.96. The fraction of sp³-hybridized carbons (Fsp3) is 0.286. The molecule has 1 aliphatic rings. The Labute approximate surface area is 174 Å². The Balaban J connectivity index is 1.69. The van der Waals surface area contributed by atoms with Crippen LogP contribution >= 0.6 is 11.6 Å². The van der Waals surface area contributed by atoms with E-state index in [4.69, 9.17) is 16.0 Å². The van der Waals surface area contributed by atoms with Gasteiger partial charge in [-0.15, -0.1) is 0 Å². The third kappa shape index (κ3) is 3.66. The maximum atomic E-state index is 12.8. The van der Waals surface area contributed by atoms with Gasteiger partial charge in [0.2, 0.25) is 10.0 Å². The van der Waals surface area contributed by atoms with E-state index in [9.17, 15) is 13.2 Å². The molecular weight excluding hydrogens is 412 g/mol. The molecule has 1 saturated heterocycles.